The number of nitrogens with zero attached hydrogens (tertiary/aromatic N) is 2. The lowest BCUT2D eigenvalue weighted by molar-refractivity contribution is 0.462. The molecule has 0 saturated heterocycles. The quantitative estimate of drug-likeness (QED) is 0.667. The van der Waals surface area contributed by atoms with Crippen molar-refractivity contribution in [2.75, 3.05) is 0 Å². The Balaban J connectivity index is 2.78. The number of allylic oxidation sites excluding steroid dienone is 1. The van der Waals surface area contributed by atoms with Gasteiger partial charge in [-0.25, -0.2) is 0 Å². The van der Waals surface area contributed by atoms with Crippen LogP contribution in [0.15, 0.2) is 30.4 Å². The zero-order valence-corrected chi connectivity index (χ0v) is 8.70. The van der Waals surface area contributed by atoms with Gasteiger partial charge >= 0.3 is 0 Å². The summed E-state index contributed by atoms with van der Waals surface area (Å²) in [4.78, 5) is 0. The van der Waals surface area contributed by atoms with E-state index in [4.69, 9.17) is 0 Å². The average molecular weight is 210 g/mol. The molecule has 78 valence electrons. The van der Waals surface area contributed by atoms with Gasteiger partial charge in [-0.15, -0.1) is 0 Å². The van der Waals surface area contributed by atoms with Crippen LogP contribution in [0.5, 0.6) is 5.75 Å². The van der Waals surface area contributed by atoms with Crippen LogP contribution in [0.2, 0.25) is 0 Å². The minimum absolute atomic E-state index is 0.153. The molecule has 3 heteroatoms. The van der Waals surface area contributed by atoms with Crippen LogP contribution in [0, 0.1) is 22.7 Å². The Kier molecular flexibility index (Phi) is 2.18. The molecule has 1 aliphatic rings. The molecule has 0 fully saturated rings. The summed E-state index contributed by atoms with van der Waals surface area (Å²) in [7, 11) is 0. The van der Waals surface area contributed by atoms with Gasteiger partial charge < -0.3 is 5.11 Å². The summed E-state index contributed by atoms with van der Waals surface area (Å²) in [6, 6.07) is 9.00. The van der Waals surface area contributed by atoms with Crippen molar-refractivity contribution < 1.29 is 5.11 Å². The number of benzene rings is 1. The van der Waals surface area contributed by atoms with Crippen LogP contribution in [0.1, 0.15) is 17.5 Å². The molecule has 0 atom stereocenters. The smallest absolute Gasteiger partial charge is 0.189 e. The molecule has 1 aromatic carbocycles. The Labute approximate surface area is 93.9 Å². The molecule has 0 spiro atoms. The van der Waals surface area contributed by atoms with E-state index in [1.807, 2.05) is 12.1 Å². The van der Waals surface area contributed by atoms with Gasteiger partial charge in [0.1, 0.15) is 5.75 Å². The van der Waals surface area contributed by atoms with Gasteiger partial charge in [-0.2, -0.15) is 10.5 Å². The predicted molar refractivity (Wildman–Crippen MR) is 58.5 cm³/mol. The van der Waals surface area contributed by atoms with Crippen molar-refractivity contribution in [3.05, 3.63) is 41.5 Å². The number of aromatic hydroxyl groups is 1. The first-order valence-electron chi connectivity index (χ1n) is 4.98. The largest absolute Gasteiger partial charge is 0.508 e. The second-order valence-electron chi connectivity index (χ2n) is 3.88. The highest BCUT2D eigenvalue weighted by atomic mass is 16.3. The summed E-state index contributed by atoms with van der Waals surface area (Å²) in [5.74, 6) is 0.153. The third kappa shape index (κ3) is 1.12. The van der Waals surface area contributed by atoms with Gasteiger partial charge in [0.05, 0.1) is 12.1 Å². The third-order valence-corrected chi connectivity index (χ3v) is 3.10. The number of fused-ring (bicyclic) bond motifs is 1. The Morgan fingerprint density at radius 1 is 1.25 bits per heavy atom. The van der Waals surface area contributed by atoms with Crippen molar-refractivity contribution in [3.63, 3.8) is 0 Å². The van der Waals surface area contributed by atoms with Gasteiger partial charge in [0, 0.05) is 5.56 Å². The van der Waals surface area contributed by atoms with Crippen LogP contribution in [-0.4, -0.2) is 5.11 Å². The summed E-state index contributed by atoms with van der Waals surface area (Å²) in [6.45, 7) is 3.81. The molecule has 1 N–H and O–H groups in total. The summed E-state index contributed by atoms with van der Waals surface area (Å²) < 4.78 is 0. The Bertz CT molecular complexity index is 532. The van der Waals surface area contributed by atoms with Gasteiger partial charge in [0.2, 0.25) is 0 Å². The average Bonchev–Trinajstić information content (AvgIpc) is 2.30. The molecule has 1 aliphatic carbocycles. The minimum Gasteiger partial charge on any atom is -0.508 e. The standard InChI is InChI=1S/C13H10N2O/c1-9-5-6-10-11(3-2-4-12(10)16)13(9,7-14)8-15/h2-4,16H,1,5-6H2. The first kappa shape index (κ1) is 10.3. The molecule has 0 bridgehead atoms. The molecule has 0 amide bonds. The summed E-state index contributed by atoms with van der Waals surface area (Å²) >= 11 is 0. The van der Waals surface area contributed by atoms with E-state index in [1.54, 1.807) is 18.2 Å². The lowest BCUT2D eigenvalue weighted by Gasteiger charge is -2.29. The third-order valence-electron chi connectivity index (χ3n) is 3.10. The van der Waals surface area contributed by atoms with E-state index >= 15 is 0 Å². The highest BCUT2D eigenvalue weighted by Crippen LogP contribution is 2.42. The lowest BCUT2D eigenvalue weighted by Crippen LogP contribution is -2.29. The minimum atomic E-state index is -1.30. The van der Waals surface area contributed by atoms with Gasteiger partial charge in [0.25, 0.3) is 0 Å². The van der Waals surface area contributed by atoms with Gasteiger partial charge in [-0.1, -0.05) is 18.7 Å². The van der Waals surface area contributed by atoms with Crippen molar-refractivity contribution >= 4 is 0 Å². The molecule has 16 heavy (non-hydrogen) atoms. The van der Waals surface area contributed by atoms with Crippen molar-refractivity contribution in [2.45, 2.75) is 18.3 Å². The molecular formula is C13H10N2O. The Hall–Kier alpha value is -2.26. The molecule has 0 heterocycles. The monoisotopic (exact) mass is 210 g/mol. The summed E-state index contributed by atoms with van der Waals surface area (Å²) in [5.41, 5.74) is 0.578. The van der Waals surface area contributed by atoms with E-state index in [0.717, 1.165) is 0 Å². The number of phenols is 1. The fraction of sp³-hybridized carbons (Fsp3) is 0.231. The zero-order chi connectivity index (χ0) is 11.8. The Morgan fingerprint density at radius 2 is 1.94 bits per heavy atom. The van der Waals surface area contributed by atoms with Crippen molar-refractivity contribution in [3.8, 4) is 17.9 Å². The van der Waals surface area contributed by atoms with Crippen molar-refractivity contribution in [1.82, 2.24) is 0 Å². The van der Waals surface area contributed by atoms with Crippen molar-refractivity contribution in [1.29, 1.82) is 10.5 Å². The number of hydrogen-bond donors (Lipinski definition) is 1. The molecule has 0 aromatic heterocycles. The van der Waals surface area contributed by atoms with Gasteiger partial charge in [0.15, 0.2) is 5.41 Å². The maximum atomic E-state index is 9.72. The summed E-state index contributed by atoms with van der Waals surface area (Å²) in [5, 5.41) is 28.2. The molecule has 1 aromatic rings. The topological polar surface area (TPSA) is 67.8 Å². The fourth-order valence-corrected chi connectivity index (χ4v) is 2.15. The van der Waals surface area contributed by atoms with Crippen LogP contribution < -0.4 is 0 Å². The van der Waals surface area contributed by atoms with Crippen LogP contribution in [0.25, 0.3) is 0 Å². The SMILES string of the molecule is C=C1CCc2c(O)cccc2C1(C#N)C#N. The molecular weight excluding hydrogens is 200 g/mol. The molecule has 3 nitrogen and oxygen atoms in total. The van der Waals surface area contributed by atoms with E-state index in [9.17, 15) is 15.6 Å². The van der Waals surface area contributed by atoms with E-state index in [0.29, 0.717) is 29.5 Å². The molecule has 2 rings (SSSR count). The van der Waals surface area contributed by atoms with E-state index in [-0.39, 0.29) is 5.75 Å². The van der Waals surface area contributed by atoms with Crippen LogP contribution in [0.4, 0.5) is 0 Å². The summed E-state index contributed by atoms with van der Waals surface area (Å²) in [6.07, 6.45) is 1.19. The highest BCUT2D eigenvalue weighted by Gasteiger charge is 2.41. The lowest BCUT2D eigenvalue weighted by atomic mass is 9.69. The number of nitriles is 2. The molecule has 0 aliphatic heterocycles. The molecule has 0 radical (unpaired) electrons. The van der Waals surface area contributed by atoms with Crippen LogP contribution >= 0.6 is 0 Å². The first-order valence-corrected chi connectivity index (χ1v) is 4.98. The van der Waals surface area contributed by atoms with E-state index < -0.39 is 5.41 Å². The van der Waals surface area contributed by atoms with Gasteiger partial charge in [-0.05, 0) is 30.0 Å². The normalized spacial score (nSPS) is 17.0. The zero-order valence-electron chi connectivity index (χ0n) is 8.70. The van der Waals surface area contributed by atoms with E-state index in [2.05, 4.69) is 6.58 Å². The fourth-order valence-electron chi connectivity index (χ4n) is 2.15. The first-order chi connectivity index (χ1) is 7.65. The maximum Gasteiger partial charge on any atom is 0.189 e. The molecule has 0 unspecified atom stereocenters. The Morgan fingerprint density at radius 3 is 2.56 bits per heavy atom. The number of rotatable bonds is 0. The van der Waals surface area contributed by atoms with Crippen LogP contribution in [-0.2, 0) is 11.8 Å². The number of phenolic OH excluding ortho intramolecular Hbond substituents is 1. The van der Waals surface area contributed by atoms with Crippen LogP contribution in [0.3, 0.4) is 0 Å². The van der Waals surface area contributed by atoms with Crippen molar-refractivity contribution in [2.24, 2.45) is 0 Å². The molecule has 0 saturated carbocycles. The second kappa shape index (κ2) is 3.40. The maximum absolute atomic E-state index is 9.72. The second-order valence-corrected chi connectivity index (χ2v) is 3.88. The van der Waals surface area contributed by atoms with E-state index in [1.165, 1.54) is 0 Å². The predicted octanol–water partition coefficient (Wildman–Crippen LogP) is 2.18. The van der Waals surface area contributed by atoms with Gasteiger partial charge in [-0.3, -0.25) is 0 Å². The highest BCUT2D eigenvalue weighted by molar-refractivity contribution is 5.59. The number of hydrogen-bond acceptors (Lipinski definition) is 3.